The number of carbonyl (C=O) groups excluding carboxylic acids is 2. The fourth-order valence-electron chi connectivity index (χ4n) is 4.82. The number of amides is 2. The summed E-state index contributed by atoms with van der Waals surface area (Å²) in [6.45, 7) is 0.530. The molecule has 0 fully saturated rings. The first kappa shape index (κ1) is 31.6. The van der Waals surface area contributed by atoms with Gasteiger partial charge in [-0.25, -0.2) is 8.78 Å². The minimum absolute atomic E-state index is 0.159. The summed E-state index contributed by atoms with van der Waals surface area (Å²) < 4.78 is 69.2. The highest BCUT2D eigenvalue weighted by Crippen LogP contribution is 2.33. The number of nitrogens with two attached hydrogens (primary N) is 1. The summed E-state index contributed by atoms with van der Waals surface area (Å²) in [7, 11) is 3.47. The molecule has 3 N–H and O–H groups in total. The van der Waals surface area contributed by atoms with Crippen molar-refractivity contribution in [2.75, 3.05) is 19.0 Å². The van der Waals surface area contributed by atoms with Gasteiger partial charge in [0.2, 0.25) is 5.91 Å². The minimum atomic E-state index is -4.92. The molecule has 0 bridgehead atoms. The van der Waals surface area contributed by atoms with Gasteiger partial charge in [-0.2, -0.15) is 23.5 Å². The van der Waals surface area contributed by atoms with Gasteiger partial charge in [-0.3, -0.25) is 19.3 Å². The molecule has 14 heteroatoms. The van der Waals surface area contributed by atoms with Crippen molar-refractivity contribution in [1.82, 2.24) is 20.1 Å². The molecular weight excluding hydrogens is 585 g/mol. The molecule has 0 aliphatic rings. The van der Waals surface area contributed by atoms with Crippen LogP contribution in [0.1, 0.15) is 44.6 Å². The third-order valence-electron chi connectivity index (χ3n) is 6.80. The Kier molecular flexibility index (Phi) is 8.98. The van der Waals surface area contributed by atoms with E-state index in [2.05, 4.69) is 15.4 Å². The average molecular weight is 612 g/mol. The quantitative estimate of drug-likeness (QED) is 0.264. The van der Waals surface area contributed by atoms with E-state index in [0.29, 0.717) is 22.9 Å². The molecule has 0 radical (unpaired) electrons. The van der Waals surface area contributed by atoms with Gasteiger partial charge >= 0.3 is 6.18 Å². The van der Waals surface area contributed by atoms with Crippen molar-refractivity contribution in [3.63, 3.8) is 0 Å². The second-order valence-corrected chi connectivity index (χ2v) is 10.1. The summed E-state index contributed by atoms with van der Waals surface area (Å²) in [4.78, 5) is 31.6. The van der Waals surface area contributed by atoms with Crippen LogP contribution in [-0.4, -0.2) is 40.7 Å². The van der Waals surface area contributed by atoms with Crippen molar-refractivity contribution in [3.05, 3.63) is 100 Å². The first-order chi connectivity index (χ1) is 20.7. The average Bonchev–Trinajstić information content (AvgIpc) is 3.26. The smallest absolute Gasteiger partial charge is 0.377 e. The van der Waals surface area contributed by atoms with Crippen LogP contribution in [0.4, 0.5) is 27.6 Å². The van der Waals surface area contributed by atoms with Gasteiger partial charge in [0, 0.05) is 37.6 Å². The van der Waals surface area contributed by atoms with Crippen LogP contribution in [0.5, 0.6) is 0 Å². The number of primary amides is 1. The molecule has 0 saturated carbocycles. The third-order valence-corrected chi connectivity index (χ3v) is 6.80. The Bertz CT molecular complexity index is 1760. The number of aromatic nitrogens is 3. The fourth-order valence-corrected chi connectivity index (χ4v) is 4.82. The molecule has 2 aromatic heterocycles. The lowest BCUT2D eigenvalue weighted by Crippen LogP contribution is -2.34. The highest BCUT2D eigenvalue weighted by molar-refractivity contribution is 6.00. The molecule has 44 heavy (non-hydrogen) atoms. The van der Waals surface area contributed by atoms with Gasteiger partial charge in [0.25, 0.3) is 5.91 Å². The van der Waals surface area contributed by atoms with Gasteiger partial charge < -0.3 is 16.0 Å². The van der Waals surface area contributed by atoms with Crippen molar-refractivity contribution in [2.24, 2.45) is 5.73 Å². The molecule has 0 saturated heterocycles. The first-order valence-electron chi connectivity index (χ1n) is 13.0. The summed E-state index contributed by atoms with van der Waals surface area (Å²) >= 11 is 0. The van der Waals surface area contributed by atoms with E-state index >= 15 is 0 Å². The Labute approximate surface area is 248 Å². The highest BCUT2D eigenvalue weighted by Gasteiger charge is 2.39. The fraction of sp³-hybridized carbons (Fsp3) is 0.233. The molecule has 0 aliphatic heterocycles. The number of nitrogens with zero attached hydrogens (tertiary/aromatic N) is 5. The number of pyridine rings is 1. The van der Waals surface area contributed by atoms with Crippen LogP contribution < -0.4 is 16.0 Å². The molecule has 2 amide bonds. The van der Waals surface area contributed by atoms with Crippen molar-refractivity contribution in [3.8, 4) is 17.2 Å². The number of anilines is 1. The molecule has 0 unspecified atom stereocenters. The number of halogens is 5. The summed E-state index contributed by atoms with van der Waals surface area (Å²) in [5, 5.41) is 15.4. The largest absolute Gasteiger partial charge is 0.436 e. The number of benzene rings is 2. The first-order valence-corrected chi connectivity index (χ1v) is 13.0. The predicted octanol–water partition coefficient (Wildman–Crippen LogP) is 4.69. The van der Waals surface area contributed by atoms with Crippen molar-refractivity contribution in [1.29, 1.82) is 5.26 Å². The maximum atomic E-state index is 14.1. The van der Waals surface area contributed by atoms with Crippen LogP contribution in [0.15, 0.2) is 54.7 Å². The number of nitriles is 1. The molecular formula is C30H26F5N7O2. The van der Waals surface area contributed by atoms with Crippen molar-refractivity contribution in [2.45, 2.75) is 32.1 Å². The van der Waals surface area contributed by atoms with E-state index < -0.39 is 53.5 Å². The number of nitrogens with one attached hydrogen (secondary N) is 1. The monoisotopic (exact) mass is 611 g/mol. The SMILES string of the molecule is Cc1c(C#N)c(C(F)(F)F)nn1CC(=O)N[C@@H](Cc1cc(F)cc(F)c1)c1ncccc1-c1ccc(N(C)C)c(C(N)=O)c1. The second-order valence-electron chi connectivity index (χ2n) is 10.1. The Balaban J connectivity index is 1.77. The van der Waals surface area contributed by atoms with Crippen LogP contribution in [0.25, 0.3) is 11.1 Å². The zero-order chi connectivity index (χ0) is 32.3. The maximum absolute atomic E-state index is 14.1. The van der Waals surface area contributed by atoms with E-state index in [1.54, 1.807) is 49.3 Å². The van der Waals surface area contributed by atoms with Crippen LogP contribution in [0.2, 0.25) is 0 Å². The minimum Gasteiger partial charge on any atom is -0.377 e. The number of rotatable bonds is 9. The number of alkyl halides is 3. The Morgan fingerprint density at radius 3 is 2.36 bits per heavy atom. The van der Waals surface area contributed by atoms with E-state index in [1.807, 2.05) is 0 Å². The normalized spacial score (nSPS) is 12.0. The van der Waals surface area contributed by atoms with Gasteiger partial charge in [0.1, 0.15) is 29.8 Å². The summed E-state index contributed by atoms with van der Waals surface area (Å²) in [6.07, 6.45) is -3.66. The zero-order valence-electron chi connectivity index (χ0n) is 23.7. The van der Waals surface area contributed by atoms with E-state index in [1.165, 1.54) is 19.2 Å². The summed E-state index contributed by atoms with van der Waals surface area (Å²) in [5.41, 5.74) is 5.42. The zero-order valence-corrected chi connectivity index (χ0v) is 23.7. The number of carbonyl (C=O) groups is 2. The van der Waals surface area contributed by atoms with E-state index in [9.17, 15) is 36.8 Å². The molecule has 9 nitrogen and oxygen atoms in total. The van der Waals surface area contributed by atoms with Crippen LogP contribution >= 0.6 is 0 Å². The Morgan fingerprint density at radius 1 is 1.11 bits per heavy atom. The topological polar surface area (TPSA) is 130 Å². The molecule has 1 atom stereocenters. The number of hydrogen-bond acceptors (Lipinski definition) is 6. The van der Waals surface area contributed by atoms with E-state index in [4.69, 9.17) is 5.73 Å². The Hall–Kier alpha value is -5.32. The second kappa shape index (κ2) is 12.5. The molecule has 228 valence electrons. The lowest BCUT2D eigenvalue weighted by atomic mass is 9.94. The molecule has 2 heterocycles. The van der Waals surface area contributed by atoms with Gasteiger partial charge in [-0.1, -0.05) is 12.1 Å². The van der Waals surface area contributed by atoms with Crippen molar-refractivity contribution < 1.29 is 31.5 Å². The van der Waals surface area contributed by atoms with Gasteiger partial charge in [-0.05, 0) is 54.8 Å². The molecule has 0 aliphatic carbocycles. The summed E-state index contributed by atoms with van der Waals surface area (Å²) in [6, 6.07) is 11.5. The van der Waals surface area contributed by atoms with Crippen molar-refractivity contribution >= 4 is 17.5 Å². The summed E-state index contributed by atoms with van der Waals surface area (Å²) in [5.74, 6) is -3.21. The van der Waals surface area contributed by atoms with Gasteiger partial charge in [0.15, 0.2) is 5.69 Å². The van der Waals surface area contributed by atoms with Crippen LogP contribution in [0, 0.1) is 29.9 Å². The maximum Gasteiger partial charge on any atom is 0.436 e. The third kappa shape index (κ3) is 6.83. The van der Waals surface area contributed by atoms with E-state index in [0.717, 1.165) is 16.8 Å². The van der Waals surface area contributed by atoms with Crippen LogP contribution in [0.3, 0.4) is 0 Å². The standard InChI is InChI=1S/C30H26F5N7O2/c1-16-23(14-36)28(30(33,34)35)40-42(16)15-26(43)39-24(11-17-9-19(31)13-20(32)10-17)27-21(5-4-8-38-27)18-6-7-25(41(2)3)22(12-18)29(37)44/h4-10,12-13,24H,11,15H2,1-3H3,(H2,37,44)(H,39,43)/t24-/m0/s1. The number of hydrogen-bond donors (Lipinski definition) is 2. The van der Waals surface area contributed by atoms with Gasteiger partial charge in [-0.15, -0.1) is 0 Å². The molecule has 4 rings (SSSR count). The molecule has 4 aromatic rings. The lowest BCUT2D eigenvalue weighted by Gasteiger charge is -2.23. The lowest BCUT2D eigenvalue weighted by molar-refractivity contribution is -0.142. The Morgan fingerprint density at radius 2 is 1.80 bits per heavy atom. The van der Waals surface area contributed by atoms with Gasteiger partial charge in [0.05, 0.1) is 23.0 Å². The predicted molar refractivity (Wildman–Crippen MR) is 150 cm³/mol. The highest BCUT2D eigenvalue weighted by atomic mass is 19.4. The van der Waals surface area contributed by atoms with E-state index in [-0.39, 0.29) is 28.9 Å². The van der Waals surface area contributed by atoms with Crippen LogP contribution in [-0.2, 0) is 23.9 Å². The molecule has 2 aromatic carbocycles. The molecule has 0 spiro atoms.